The molecule has 0 spiro atoms. The first kappa shape index (κ1) is 15.3. The van der Waals surface area contributed by atoms with E-state index in [0.29, 0.717) is 37.4 Å². The number of morpholine rings is 1. The van der Waals surface area contributed by atoms with Crippen molar-refractivity contribution in [2.45, 2.75) is 19.9 Å². The number of amides is 2. The fourth-order valence-electron chi connectivity index (χ4n) is 2.26. The number of hydrogen-bond acceptors (Lipinski definition) is 4. The Morgan fingerprint density at radius 2 is 2.00 bits per heavy atom. The van der Waals surface area contributed by atoms with Gasteiger partial charge >= 0.3 is 0 Å². The van der Waals surface area contributed by atoms with Crippen LogP contribution in [0.5, 0.6) is 5.75 Å². The number of ether oxygens (including phenoxy) is 1. The van der Waals surface area contributed by atoms with E-state index >= 15 is 0 Å². The van der Waals surface area contributed by atoms with Crippen molar-refractivity contribution in [2.75, 3.05) is 26.3 Å². The second-order valence-electron chi connectivity index (χ2n) is 5.08. The van der Waals surface area contributed by atoms with Gasteiger partial charge < -0.3 is 20.1 Å². The summed E-state index contributed by atoms with van der Waals surface area (Å²) in [6.45, 7) is 5.47. The van der Waals surface area contributed by atoms with E-state index in [0.717, 1.165) is 0 Å². The number of nitrogens with one attached hydrogen (secondary N) is 1. The molecule has 0 aliphatic carbocycles. The second kappa shape index (κ2) is 6.58. The fraction of sp³-hybridized carbons (Fsp3) is 0.467. The minimum Gasteiger partial charge on any atom is -0.508 e. The van der Waals surface area contributed by atoms with Gasteiger partial charge in [0, 0.05) is 24.2 Å². The predicted octanol–water partition coefficient (Wildman–Crippen LogP) is 0.678. The molecule has 1 unspecified atom stereocenters. The lowest BCUT2D eigenvalue weighted by Crippen LogP contribution is -2.50. The molecule has 2 rings (SSSR count). The number of rotatable bonds is 3. The summed E-state index contributed by atoms with van der Waals surface area (Å²) in [5.74, 6) is -0.420. The van der Waals surface area contributed by atoms with Gasteiger partial charge in [-0.25, -0.2) is 0 Å². The molecule has 1 aromatic carbocycles. The van der Waals surface area contributed by atoms with Gasteiger partial charge in [-0.2, -0.15) is 0 Å². The summed E-state index contributed by atoms with van der Waals surface area (Å²) >= 11 is 0. The first-order valence-corrected chi connectivity index (χ1v) is 6.96. The van der Waals surface area contributed by atoms with Crippen LogP contribution in [0.4, 0.5) is 0 Å². The highest BCUT2D eigenvalue weighted by atomic mass is 16.5. The molecule has 6 nitrogen and oxygen atoms in total. The van der Waals surface area contributed by atoms with Crippen molar-refractivity contribution < 1.29 is 19.4 Å². The first-order valence-electron chi connectivity index (χ1n) is 6.96. The van der Waals surface area contributed by atoms with Crippen LogP contribution in [-0.2, 0) is 9.53 Å². The first-order chi connectivity index (χ1) is 10.0. The summed E-state index contributed by atoms with van der Waals surface area (Å²) in [7, 11) is 0. The van der Waals surface area contributed by atoms with Crippen LogP contribution in [0, 0.1) is 6.92 Å². The van der Waals surface area contributed by atoms with Gasteiger partial charge in [0.15, 0.2) is 0 Å². The Hall–Kier alpha value is -2.08. The molecule has 2 N–H and O–H groups in total. The Bertz CT molecular complexity index is 538. The van der Waals surface area contributed by atoms with Gasteiger partial charge in [-0.05, 0) is 26.0 Å². The minimum atomic E-state index is -0.614. The molecule has 1 atom stereocenters. The molecule has 114 valence electrons. The van der Waals surface area contributed by atoms with Crippen LogP contribution in [0.1, 0.15) is 22.8 Å². The van der Waals surface area contributed by atoms with Gasteiger partial charge in [-0.3, -0.25) is 9.59 Å². The van der Waals surface area contributed by atoms with Gasteiger partial charge in [0.25, 0.3) is 5.91 Å². The van der Waals surface area contributed by atoms with Crippen LogP contribution >= 0.6 is 0 Å². The number of phenolic OH excluding ortho intramolecular Hbond substituents is 1. The van der Waals surface area contributed by atoms with Crippen molar-refractivity contribution in [3.8, 4) is 5.75 Å². The van der Waals surface area contributed by atoms with Gasteiger partial charge in [0.05, 0.1) is 13.2 Å². The lowest BCUT2D eigenvalue weighted by Gasteiger charge is -2.29. The van der Waals surface area contributed by atoms with Crippen molar-refractivity contribution >= 4 is 11.8 Å². The standard InChI is InChI=1S/C15H20N2O4/c1-10-12(4-3-5-13(10)18)14(19)16-11(2)15(20)17-6-8-21-9-7-17/h3-5,11,18H,6-9H2,1-2H3,(H,16,19). The highest BCUT2D eigenvalue weighted by Crippen LogP contribution is 2.19. The van der Waals surface area contributed by atoms with Crippen molar-refractivity contribution in [3.05, 3.63) is 29.3 Å². The molecule has 1 heterocycles. The van der Waals surface area contributed by atoms with Crippen molar-refractivity contribution in [1.82, 2.24) is 10.2 Å². The third-order valence-corrected chi connectivity index (χ3v) is 3.59. The van der Waals surface area contributed by atoms with Crippen LogP contribution in [0.3, 0.4) is 0 Å². The van der Waals surface area contributed by atoms with E-state index in [4.69, 9.17) is 4.74 Å². The van der Waals surface area contributed by atoms with Crippen molar-refractivity contribution in [3.63, 3.8) is 0 Å². The molecule has 0 aromatic heterocycles. The molecule has 21 heavy (non-hydrogen) atoms. The maximum atomic E-state index is 12.2. The van der Waals surface area contributed by atoms with E-state index in [1.54, 1.807) is 30.9 Å². The van der Waals surface area contributed by atoms with E-state index in [1.165, 1.54) is 6.07 Å². The minimum absolute atomic E-state index is 0.0646. The number of carbonyl (C=O) groups is 2. The molecule has 2 amide bonds. The largest absolute Gasteiger partial charge is 0.508 e. The summed E-state index contributed by atoms with van der Waals surface area (Å²) in [5, 5.41) is 12.3. The Morgan fingerprint density at radius 1 is 1.33 bits per heavy atom. The zero-order valence-electron chi connectivity index (χ0n) is 12.3. The molecule has 0 bridgehead atoms. The highest BCUT2D eigenvalue weighted by molar-refractivity contribution is 5.99. The monoisotopic (exact) mass is 292 g/mol. The zero-order valence-corrected chi connectivity index (χ0v) is 12.3. The lowest BCUT2D eigenvalue weighted by molar-refractivity contribution is -0.136. The molecule has 6 heteroatoms. The average molecular weight is 292 g/mol. The molecule has 1 fully saturated rings. The smallest absolute Gasteiger partial charge is 0.252 e. The van der Waals surface area contributed by atoms with Crippen LogP contribution < -0.4 is 5.32 Å². The highest BCUT2D eigenvalue weighted by Gasteiger charge is 2.24. The van der Waals surface area contributed by atoms with E-state index in [-0.39, 0.29) is 17.6 Å². The third-order valence-electron chi connectivity index (χ3n) is 3.59. The number of phenols is 1. The Balaban J connectivity index is 2.01. The molecule has 1 aliphatic heterocycles. The maximum Gasteiger partial charge on any atom is 0.252 e. The maximum absolute atomic E-state index is 12.2. The van der Waals surface area contributed by atoms with Crippen molar-refractivity contribution in [2.24, 2.45) is 0 Å². The average Bonchev–Trinajstić information content (AvgIpc) is 2.50. The van der Waals surface area contributed by atoms with E-state index in [2.05, 4.69) is 5.32 Å². The fourth-order valence-corrected chi connectivity index (χ4v) is 2.26. The van der Waals surface area contributed by atoms with Crippen LogP contribution in [0.15, 0.2) is 18.2 Å². The van der Waals surface area contributed by atoms with Gasteiger partial charge in [0.2, 0.25) is 5.91 Å². The van der Waals surface area contributed by atoms with E-state index < -0.39 is 6.04 Å². The number of benzene rings is 1. The Kier molecular flexibility index (Phi) is 4.80. The number of hydrogen-bond donors (Lipinski definition) is 2. The molecular weight excluding hydrogens is 272 g/mol. The van der Waals surface area contributed by atoms with Crippen LogP contribution in [0.25, 0.3) is 0 Å². The van der Waals surface area contributed by atoms with E-state index in [9.17, 15) is 14.7 Å². The normalized spacial score (nSPS) is 16.4. The molecule has 1 saturated heterocycles. The van der Waals surface area contributed by atoms with Gasteiger partial charge in [-0.15, -0.1) is 0 Å². The topological polar surface area (TPSA) is 78.9 Å². The molecule has 0 radical (unpaired) electrons. The molecular formula is C15H20N2O4. The summed E-state index contributed by atoms with van der Waals surface area (Å²) in [6, 6.07) is 4.13. The number of nitrogens with zero attached hydrogens (tertiary/aromatic N) is 1. The summed E-state index contributed by atoms with van der Waals surface area (Å²) in [5.41, 5.74) is 0.873. The molecule has 1 aromatic rings. The lowest BCUT2D eigenvalue weighted by atomic mass is 10.1. The third kappa shape index (κ3) is 3.52. The SMILES string of the molecule is Cc1c(O)cccc1C(=O)NC(C)C(=O)N1CCOCC1. The van der Waals surface area contributed by atoms with Crippen LogP contribution in [0.2, 0.25) is 0 Å². The van der Waals surface area contributed by atoms with E-state index in [1.807, 2.05) is 0 Å². The van der Waals surface area contributed by atoms with Gasteiger partial charge in [-0.1, -0.05) is 6.07 Å². The zero-order chi connectivity index (χ0) is 15.4. The van der Waals surface area contributed by atoms with Gasteiger partial charge in [0.1, 0.15) is 11.8 Å². The number of carbonyl (C=O) groups excluding carboxylic acids is 2. The predicted molar refractivity (Wildman–Crippen MR) is 77.2 cm³/mol. The summed E-state index contributed by atoms with van der Waals surface area (Å²) in [4.78, 5) is 26.1. The Labute approximate surface area is 123 Å². The molecule has 1 aliphatic rings. The summed E-state index contributed by atoms with van der Waals surface area (Å²) < 4.78 is 5.20. The molecule has 0 saturated carbocycles. The summed E-state index contributed by atoms with van der Waals surface area (Å²) in [6.07, 6.45) is 0. The Morgan fingerprint density at radius 3 is 2.67 bits per heavy atom. The van der Waals surface area contributed by atoms with Crippen LogP contribution in [-0.4, -0.2) is 54.2 Å². The second-order valence-corrected chi connectivity index (χ2v) is 5.08. The van der Waals surface area contributed by atoms with Crippen molar-refractivity contribution in [1.29, 1.82) is 0 Å². The quantitative estimate of drug-likeness (QED) is 0.858. The number of aromatic hydroxyl groups is 1.